The fourth-order valence-electron chi connectivity index (χ4n) is 2.02. The van der Waals surface area contributed by atoms with Crippen LogP contribution in [-0.2, 0) is 0 Å². The lowest BCUT2D eigenvalue weighted by Crippen LogP contribution is -2.14. The van der Waals surface area contributed by atoms with Gasteiger partial charge in [-0.3, -0.25) is 4.79 Å². The van der Waals surface area contributed by atoms with Crippen LogP contribution in [0.4, 0.5) is 5.13 Å². The highest BCUT2D eigenvalue weighted by molar-refractivity contribution is 7.20. The van der Waals surface area contributed by atoms with Gasteiger partial charge in [0.25, 0.3) is 5.56 Å². The summed E-state index contributed by atoms with van der Waals surface area (Å²) in [5.41, 5.74) is 1.58. The molecular formula is C14H13ClN4OS. The lowest BCUT2D eigenvalue weighted by Gasteiger charge is -2.12. The molecule has 3 aromatic rings. The second-order valence-electron chi connectivity index (χ2n) is 4.76. The average Bonchev–Trinajstić information content (AvgIpc) is 2.81. The number of benzene rings is 1. The number of aryl methyl sites for hydroxylation is 1. The van der Waals surface area contributed by atoms with Gasteiger partial charge in [-0.25, -0.2) is 4.98 Å². The molecule has 0 spiro atoms. The Balaban J connectivity index is 1.91. The zero-order chi connectivity index (χ0) is 15.0. The molecule has 0 amide bonds. The standard InChI is InChI=1S/C14H13ClN4OS/c1-8-6-12(20)19-14(16-8)21-13(18-19)17-9(2)10-4-3-5-11(15)7-10/h3-7,9H,1-2H3,(H,17,18). The van der Waals surface area contributed by atoms with E-state index < -0.39 is 0 Å². The van der Waals surface area contributed by atoms with Crippen LogP contribution < -0.4 is 10.9 Å². The molecule has 21 heavy (non-hydrogen) atoms. The van der Waals surface area contributed by atoms with Gasteiger partial charge < -0.3 is 5.32 Å². The molecule has 2 aromatic heterocycles. The summed E-state index contributed by atoms with van der Waals surface area (Å²) in [6.45, 7) is 3.81. The van der Waals surface area contributed by atoms with Crippen LogP contribution in [0.3, 0.4) is 0 Å². The quantitative estimate of drug-likeness (QED) is 0.804. The van der Waals surface area contributed by atoms with E-state index in [0.717, 1.165) is 5.56 Å². The van der Waals surface area contributed by atoms with Crippen LogP contribution in [-0.4, -0.2) is 14.6 Å². The molecule has 0 fully saturated rings. The van der Waals surface area contributed by atoms with Crippen molar-refractivity contribution >= 4 is 33.0 Å². The molecule has 1 N–H and O–H groups in total. The average molecular weight is 321 g/mol. The first-order valence-corrected chi connectivity index (χ1v) is 7.62. The number of nitrogens with zero attached hydrogens (tertiary/aromatic N) is 3. The molecule has 7 heteroatoms. The van der Waals surface area contributed by atoms with E-state index in [9.17, 15) is 4.79 Å². The van der Waals surface area contributed by atoms with Crippen molar-refractivity contribution in [3.8, 4) is 0 Å². The van der Waals surface area contributed by atoms with E-state index in [1.807, 2.05) is 31.2 Å². The van der Waals surface area contributed by atoms with Crippen LogP contribution in [0.5, 0.6) is 0 Å². The second kappa shape index (κ2) is 5.46. The molecule has 1 atom stereocenters. The summed E-state index contributed by atoms with van der Waals surface area (Å²) in [6.07, 6.45) is 0. The van der Waals surface area contributed by atoms with Crippen LogP contribution in [0.1, 0.15) is 24.2 Å². The maximum absolute atomic E-state index is 11.8. The lowest BCUT2D eigenvalue weighted by atomic mass is 10.1. The van der Waals surface area contributed by atoms with Crippen LogP contribution >= 0.6 is 22.9 Å². The van der Waals surface area contributed by atoms with E-state index in [1.165, 1.54) is 21.9 Å². The van der Waals surface area contributed by atoms with E-state index in [2.05, 4.69) is 15.4 Å². The summed E-state index contributed by atoms with van der Waals surface area (Å²) in [4.78, 5) is 16.7. The Morgan fingerprint density at radius 2 is 2.19 bits per heavy atom. The molecule has 108 valence electrons. The van der Waals surface area contributed by atoms with Gasteiger partial charge in [0.2, 0.25) is 10.1 Å². The summed E-state index contributed by atoms with van der Waals surface area (Å²) < 4.78 is 1.31. The van der Waals surface area contributed by atoms with Gasteiger partial charge in [-0.2, -0.15) is 4.52 Å². The fourth-order valence-corrected chi connectivity index (χ4v) is 3.16. The lowest BCUT2D eigenvalue weighted by molar-refractivity contribution is 0.845. The molecule has 0 saturated heterocycles. The third kappa shape index (κ3) is 2.91. The molecule has 1 aromatic carbocycles. The van der Waals surface area contributed by atoms with Gasteiger partial charge in [-0.15, -0.1) is 5.10 Å². The summed E-state index contributed by atoms with van der Waals surface area (Å²) in [7, 11) is 0. The summed E-state index contributed by atoms with van der Waals surface area (Å²) in [5, 5.41) is 8.87. The number of aromatic nitrogens is 3. The first-order chi connectivity index (χ1) is 10.0. The number of hydrogen-bond acceptors (Lipinski definition) is 5. The molecule has 0 aliphatic carbocycles. The Morgan fingerprint density at radius 1 is 1.38 bits per heavy atom. The normalized spacial score (nSPS) is 12.5. The smallest absolute Gasteiger partial charge is 0.275 e. The Morgan fingerprint density at radius 3 is 2.95 bits per heavy atom. The van der Waals surface area contributed by atoms with Crippen LogP contribution in [0.2, 0.25) is 5.02 Å². The minimum Gasteiger partial charge on any atom is -0.354 e. The van der Waals surface area contributed by atoms with Crippen LogP contribution in [0.25, 0.3) is 4.96 Å². The minimum absolute atomic E-state index is 0.0288. The summed E-state index contributed by atoms with van der Waals surface area (Å²) in [6, 6.07) is 9.13. The molecule has 0 aliphatic rings. The Hall–Kier alpha value is -1.92. The van der Waals surface area contributed by atoms with E-state index in [-0.39, 0.29) is 11.6 Å². The molecule has 3 rings (SSSR count). The molecule has 0 aliphatic heterocycles. The highest BCUT2D eigenvalue weighted by Crippen LogP contribution is 2.24. The topological polar surface area (TPSA) is 59.3 Å². The number of rotatable bonds is 3. The van der Waals surface area contributed by atoms with Crippen LogP contribution in [0, 0.1) is 6.92 Å². The van der Waals surface area contributed by atoms with Gasteiger partial charge in [0.1, 0.15) is 0 Å². The molecular weight excluding hydrogens is 308 g/mol. The Labute approximate surface area is 130 Å². The van der Waals surface area contributed by atoms with Crippen molar-refractivity contribution in [3.05, 3.63) is 57.0 Å². The minimum atomic E-state index is -0.169. The van der Waals surface area contributed by atoms with Gasteiger partial charge >= 0.3 is 0 Å². The fraction of sp³-hybridized carbons (Fsp3) is 0.214. The number of anilines is 1. The predicted molar refractivity (Wildman–Crippen MR) is 85.4 cm³/mol. The van der Waals surface area contributed by atoms with Crippen molar-refractivity contribution in [2.75, 3.05) is 5.32 Å². The Bertz CT molecular complexity index is 858. The molecule has 0 radical (unpaired) electrons. The molecule has 0 bridgehead atoms. The second-order valence-corrected chi connectivity index (χ2v) is 6.15. The summed E-state index contributed by atoms with van der Waals surface area (Å²) in [5.74, 6) is 0. The van der Waals surface area contributed by atoms with Gasteiger partial charge in [0.05, 0.1) is 6.04 Å². The first-order valence-electron chi connectivity index (χ1n) is 6.42. The third-order valence-corrected chi connectivity index (χ3v) is 4.14. The van der Waals surface area contributed by atoms with Crippen molar-refractivity contribution in [2.45, 2.75) is 19.9 Å². The zero-order valence-electron chi connectivity index (χ0n) is 11.5. The van der Waals surface area contributed by atoms with Gasteiger partial charge in [-0.05, 0) is 31.5 Å². The summed E-state index contributed by atoms with van der Waals surface area (Å²) >= 11 is 7.35. The number of fused-ring (bicyclic) bond motifs is 1. The predicted octanol–water partition coefficient (Wildman–Crippen LogP) is 3.29. The van der Waals surface area contributed by atoms with Crippen molar-refractivity contribution in [3.63, 3.8) is 0 Å². The van der Waals surface area contributed by atoms with E-state index >= 15 is 0 Å². The van der Waals surface area contributed by atoms with E-state index in [1.54, 1.807) is 6.92 Å². The largest absolute Gasteiger partial charge is 0.354 e. The highest BCUT2D eigenvalue weighted by atomic mass is 35.5. The van der Waals surface area contributed by atoms with Crippen molar-refractivity contribution in [1.82, 2.24) is 14.6 Å². The zero-order valence-corrected chi connectivity index (χ0v) is 13.1. The highest BCUT2D eigenvalue weighted by Gasteiger charge is 2.11. The van der Waals surface area contributed by atoms with E-state index in [4.69, 9.17) is 11.6 Å². The van der Waals surface area contributed by atoms with Crippen molar-refractivity contribution in [1.29, 1.82) is 0 Å². The SMILES string of the molecule is Cc1cc(=O)n2nc(NC(C)c3cccc(Cl)c3)sc2n1. The number of nitrogens with one attached hydrogen (secondary N) is 1. The maximum Gasteiger partial charge on any atom is 0.275 e. The van der Waals surface area contributed by atoms with Gasteiger partial charge in [0, 0.05) is 16.8 Å². The Kier molecular flexibility index (Phi) is 3.65. The maximum atomic E-state index is 11.8. The molecule has 2 heterocycles. The van der Waals surface area contributed by atoms with Crippen LogP contribution in [0.15, 0.2) is 35.1 Å². The van der Waals surface area contributed by atoms with Gasteiger partial charge in [0.15, 0.2) is 0 Å². The number of hydrogen-bond donors (Lipinski definition) is 1. The van der Waals surface area contributed by atoms with Crippen molar-refractivity contribution in [2.24, 2.45) is 0 Å². The first kappa shape index (κ1) is 14.0. The van der Waals surface area contributed by atoms with Crippen molar-refractivity contribution < 1.29 is 0 Å². The monoisotopic (exact) mass is 320 g/mol. The van der Waals surface area contributed by atoms with Gasteiger partial charge in [-0.1, -0.05) is 35.1 Å². The molecule has 0 saturated carbocycles. The molecule has 5 nitrogen and oxygen atoms in total. The third-order valence-electron chi connectivity index (χ3n) is 3.06. The molecule has 1 unspecified atom stereocenters. The van der Waals surface area contributed by atoms with E-state index in [0.29, 0.717) is 20.8 Å². The number of halogens is 1.